The molecule has 0 heterocycles. The minimum atomic E-state index is -0.424. The summed E-state index contributed by atoms with van der Waals surface area (Å²) in [4.78, 5) is 0. The van der Waals surface area contributed by atoms with E-state index in [0.717, 1.165) is 12.1 Å². The lowest BCUT2D eigenvalue weighted by Gasteiger charge is -2.34. The van der Waals surface area contributed by atoms with E-state index in [4.69, 9.17) is 0 Å². The summed E-state index contributed by atoms with van der Waals surface area (Å²) in [6, 6.07) is 10.1. The number of unbranched alkanes of at least 4 members (excludes halogenated alkanes) is 15. The summed E-state index contributed by atoms with van der Waals surface area (Å²) in [5.74, 6) is 0. The quantitative estimate of drug-likeness (QED) is 0.141. The molecular weight excluding hydrogens is 354 g/mol. The zero-order valence-corrected chi connectivity index (χ0v) is 19.9. The lowest BCUT2D eigenvalue weighted by molar-refractivity contribution is -0.944. The zero-order chi connectivity index (χ0) is 21.2. The summed E-state index contributed by atoms with van der Waals surface area (Å²) in [7, 11) is 4.28. The lowest BCUT2D eigenvalue weighted by atomic mass is 10.0. The van der Waals surface area contributed by atoms with Crippen LogP contribution in [0.1, 0.15) is 121 Å². The number of rotatable bonds is 19. The Labute approximate surface area is 182 Å². The van der Waals surface area contributed by atoms with Gasteiger partial charge in [0.2, 0.25) is 6.23 Å². The first-order chi connectivity index (χ1) is 14.1. The third-order valence-corrected chi connectivity index (χ3v) is 6.35. The maximum atomic E-state index is 10.6. The fourth-order valence-electron chi connectivity index (χ4n) is 4.22. The summed E-state index contributed by atoms with van der Waals surface area (Å²) in [5.41, 5.74) is 1.02. The first kappa shape index (κ1) is 26.2. The van der Waals surface area contributed by atoms with Crippen LogP contribution in [0.15, 0.2) is 30.3 Å². The average Bonchev–Trinajstić information content (AvgIpc) is 2.73. The highest BCUT2D eigenvalue weighted by Crippen LogP contribution is 2.23. The van der Waals surface area contributed by atoms with Crippen LogP contribution in [0.2, 0.25) is 0 Å². The molecule has 0 fully saturated rings. The highest BCUT2D eigenvalue weighted by Gasteiger charge is 2.26. The molecule has 1 unspecified atom stereocenters. The van der Waals surface area contributed by atoms with Gasteiger partial charge >= 0.3 is 0 Å². The second-order valence-electron chi connectivity index (χ2n) is 9.59. The second kappa shape index (κ2) is 16.9. The first-order valence-corrected chi connectivity index (χ1v) is 12.6. The molecular formula is C27H50NO+. The topological polar surface area (TPSA) is 20.2 Å². The number of aliphatic hydroxyl groups is 1. The minimum absolute atomic E-state index is 0.424. The monoisotopic (exact) mass is 404 g/mol. The molecule has 0 aliphatic heterocycles. The third-order valence-electron chi connectivity index (χ3n) is 6.35. The number of hydrogen-bond acceptors (Lipinski definition) is 1. The van der Waals surface area contributed by atoms with Gasteiger partial charge in [-0.3, -0.25) is 4.48 Å². The Morgan fingerprint density at radius 3 is 1.41 bits per heavy atom. The smallest absolute Gasteiger partial charge is 0.217 e. The van der Waals surface area contributed by atoms with Crippen molar-refractivity contribution in [1.29, 1.82) is 0 Å². The van der Waals surface area contributed by atoms with Gasteiger partial charge in [-0.25, -0.2) is 0 Å². The highest BCUT2D eigenvalue weighted by molar-refractivity contribution is 5.15. The van der Waals surface area contributed by atoms with Crippen molar-refractivity contribution in [3.05, 3.63) is 35.9 Å². The van der Waals surface area contributed by atoms with Crippen LogP contribution < -0.4 is 0 Å². The van der Waals surface area contributed by atoms with Gasteiger partial charge in [0.05, 0.1) is 20.6 Å². The predicted octanol–water partition coefficient (Wildman–Crippen LogP) is 8.02. The van der Waals surface area contributed by atoms with Crippen molar-refractivity contribution < 1.29 is 9.59 Å². The summed E-state index contributed by atoms with van der Waals surface area (Å²) >= 11 is 0. The van der Waals surface area contributed by atoms with E-state index < -0.39 is 6.23 Å². The number of nitrogens with zero attached hydrogens (tertiary/aromatic N) is 1. The second-order valence-corrected chi connectivity index (χ2v) is 9.59. The molecule has 1 rings (SSSR count). The van der Waals surface area contributed by atoms with Crippen LogP contribution in [-0.2, 0) is 0 Å². The Morgan fingerprint density at radius 1 is 0.621 bits per heavy atom. The normalized spacial score (nSPS) is 13.0. The molecule has 168 valence electrons. The first-order valence-electron chi connectivity index (χ1n) is 12.6. The van der Waals surface area contributed by atoms with E-state index in [1.54, 1.807) is 0 Å². The van der Waals surface area contributed by atoms with E-state index in [0.29, 0.717) is 4.48 Å². The van der Waals surface area contributed by atoms with E-state index in [2.05, 4.69) is 21.0 Å². The molecule has 0 aliphatic carbocycles. The summed E-state index contributed by atoms with van der Waals surface area (Å²) in [6.07, 6.45) is 22.0. The van der Waals surface area contributed by atoms with Gasteiger partial charge in [-0.15, -0.1) is 0 Å². The van der Waals surface area contributed by atoms with Gasteiger partial charge in [0.15, 0.2) is 0 Å². The molecule has 2 heteroatoms. The van der Waals surface area contributed by atoms with Crippen molar-refractivity contribution in [2.75, 3.05) is 20.6 Å². The molecule has 0 bridgehead atoms. The predicted molar refractivity (Wildman–Crippen MR) is 128 cm³/mol. The molecule has 1 aromatic rings. The number of quaternary nitrogens is 1. The van der Waals surface area contributed by atoms with Crippen LogP contribution in [0.25, 0.3) is 0 Å². The fraction of sp³-hybridized carbons (Fsp3) is 0.778. The largest absolute Gasteiger partial charge is 0.341 e. The molecule has 0 aliphatic rings. The van der Waals surface area contributed by atoms with Gasteiger partial charge in [0, 0.05) is 5.56 Å². The van der Waals surface area contributed by atoms with Crippen molar-refractivity contribution in [3.8, 4) is 0 Å². The molecule has 0 aromatic heterocycles. The summed E-state index contributed by atoms with van der Waals surface area (Å²) in [6.45, 7) is 3.33. The van der Waals surface area contributed by atoms with E-state index in [1.807, 2.05) is 30.3 Å². The Kier molecular flexibility index (Phi) is 15.2. The van der Waals surface area contributed by atoms with Crippen LogP contribution in [-0.4, -0.2) is 30.2 Å². The molecule has 0 amide bonds. The van der Waals surface area contributed by atoms with Gasteiger partial charge < -0.3 is 5.11 Å². The number of aliphatic hydroxyl groups excluding tert-OH is 1. The van der Waals surface area contributed by atoms with E-state index in [9.17, 15) is 5.11 Å². The molecule has 0 saturated carbocycles. The molecule has 1 N–H and O–H groups in total. The Balaban J connectivity index is 1.89. The van der Waals surface area contributed by atoms with Gasteiger partial charge in [0.1, 0.15) is 0 Å². The van der Waals surface area contributed by atoms with Crippen LogP contribution in [0.5, 0.6) is 0 Å². The molecule has 0 saturated heterocycles. The maximum Gasteiger partial charge on any atom is 0.217 e. The van der Waals surface area contributed by atoms with Crippen LogP contribution in [0, 0.1) is 0 Å². The molecule has 29 heavy (non-hydrogen) atoms. The average molecular weight is 405 g/mol. The Hall–Kier alpha value is -0.860. The van der Waals surface area contributed by atoms with Crippen molar-refractivity contribution in [2.24, 2.45) is 0 Å². The lowest BCUT2D eigenvalue weighted by Crippen LogP contribution is -2.43. The van der Waals surface area contributed by atoms with Crippen LogP contribution in [0.4, 0.5) is 0 Å². The maximum absolute atomic E-state index is 10.6. The van der Waals surface area contributed by atoms with Crippen molar-refractivity contribution >= 4 is 0 Å². The van der Waals surface area contributed by atoms with E-state index >= 15 is 0 Å². The van der Waals surface area contributed by atoms with Gasteiger partial charge in [-0.2, -0.15) is 0 Å². The zero-order valence-electron chi connectivity index (χ0n) is 19.9. The van der Waals surface area contributed by atoms with Crippen molar-refractivity contribution in [3.63, 3.8) is 0 Å². The molecule has 2 nitrogen and oxygen atoms in total. The fourth-order valence-corrected chi connectivity index (χ4v) is 4.22. The van der Waals surface area contributed by atoms with Crippen molar-refractivity contribution in [2.45, 2.75) is 116 Å². The minimum Gasteiger partial charge on any atom is -0.341 e. The van der Waals surface area contributed by atoms with Gasteiger partial charge in [-0.05, 0) is 12.8 Å². The van der Waals surface area contributed by atoms with Gasteiger partial charge in [-0.1, -0.05) is 127 Å². The van der Waals surface area contributed by atoms with Crippen molar-refractivity contribution in [1.82, 2.24) is 0 Å². The SMILES string of the molecule is CCCCCCCCCCCCCCCCCC[N+](C)(C)C(O)c1ccccc1. The van der Waals surface area contributed by atoms with Crippen LogP contribution >= 0.6 is 0 Å². The van der Waals surface area contributed by atoms with E-state index in [1.165, 1.54) is 103 Å². The van der Waals surface area contributed by atoms with E-state index in [-0.39, 0.29) is 0 Å². The molecule has 1 aromatic carbocycles. The Bertz CT molecular complexity index is 471. The third kappa shape index (κ3) is 13.1. The highest BCUT2D eigenvalue weighted by atomic mass is 16.3. The van der Waals surface area contributed by atoms with Gasteiger partial charge in [0.25, 0.3) is 0 Å². The molecule has 0 spiro atoms. The molecule has 1 atom stereocenters. The summed E-state index contributed by atoms with van der Waals surface area (Å²) < 4.78 is 0.655. The standard InChI is InChI=1S/C27H50NO/c1-4-5-6-7-8-9-10-11-12-13-14-15-16-17-18-22-25-28(2,3)27(29)26-23-20-19-21-24-26/h19-21,23-24,27,29H,4-18,22,25H2,1-3H3/q+1. The number of hydrogen-bond donors (Lipinski definition) is 1. The number of benzene rings is 1. The molecule has 0 radical (unpaired) electrons. The summed E-state index contributed by atoms with van der Waals surface area (Å²) in [5, 5.41) is 10.6. The Morgan fingerprint density at radius 2 is 1.00 bits per heavy atom. The van der Waals surface area contributed by atoms with Crippen LogP contribution in [0.3, 0.4) is 0 Å².